The Morgan fingerprint density at radius 3 is 0.733 bits per heavy atom. The van der Waals surface area contributed by atoms with Gasteiger partial charge in [0, 0.05) is 0 Å². The Morgan fingerprint density at radius 1 is 0.533 bits per heavy atom. The molecule has 8 nitrogen and oxygen atoms in total. The van der Waals surface area contributed by atoms with Crippen molar-refractivity contribution in [3.05, 3.63) is 0 Å². The average molecular weight is 445 g/mol. The van der Waals surface area contributed by atoms with Crippen molar-refractivity contribution in [3.63, 3.8) is 0 Å². The molecule has 30 heavy (non-hydrogen) atoms. The van der Waals surface area contributed by atoms with Crippen molar-refractivity contribution in [2.75, 3.05) is 26.4 Å². The maximum Gasteiger partial charge on any atom is 0.0872 e. The summed E-state index contributed by atoms with van der Waals surface area (Å²) >= 11 is 0. The topological polar surface area (TPSA) is 162 Å². The normalized spacial score (nSPS) is 17.0. The van der Waals surface area contributed by atoms with E-state index in [-0.39, 0.29) is 50.1 Å². The van der Waals surface area contributed by atoms with Crippen LogP contribution >= 0.6 is 0 Å². The van der Waals surface area contributed by atoms with Gasteiger partial charge in [0.1, 0.15) is 0 Å². The van der Waals surface area contributed by atoms with E-state index in [0.717, 1.165) is 0 Å². The predicted octanol–water partition coefficient (Wildman–Crippen LogP) is 0.763. The minimum Gasteiger partial charge on any atom is -0.394 e. The second kappa shape index (κ2) is 19.4. The lowest BCUT2D eigenvalue weighted by molar-refractivity contribution is -0.0351. The molecule has 8 N–H and O–H groups in total. The molecule has 0 aliphatic carbocycles. The molecule has 0 amide bonds. The maximum absolute atomic E-state index is 9.15. The Kier molecular flexibility index (Phi) is 23.9. The highest BCUT2D eigenvalue weighted by Crippen LogP contribution is 2.14. The molecule has 0 saturated heterocycles. The van der Waals surface area contributed by atoms with Gasteiger partial charge >= 0.3 is 0 Å². The van der Waals surface area contributed by atoms with Crippen LogP contribution in [0, 0.1) is 23.7 Å². The van der Waals surface area contributed by atoms with Crippen LogP contribution in [0.4, 0.5) is 0 Å². The fourth-order valence-electron chi connectivity index (χ4n) is 0.787. The number of hydrogen-bond acceptors (Lipinski definition) is 8. The van der Waals surface area contributed by atoms with E-state index in [4.69, 9.17) is 40.9 Å². The van der Waals surface area contributed by atoms with Crippen molar-refractivity contribution >= 4 is 0 Å². The Morgan fingerprint density at radius 2 is 0.733 bits per heavy atom. The number of rotatable bonds is 8. The highest BCUT2D eigenvalue weighted by molar-refractivity contribution is 4.74. The molecular weight excluding hydrogens is 392 g/mol. The SMILES string of the molecule is CC(C)[C@@H](O)CO.CC(C)[C@@](C)(O)CO.CC(C)[C@H](O)CO.CC(C)[C@](C)(O)CO. The van der Waals surface area contributed by atoms with E-state index in [2.05, 4.69) is 0 Å². The quantitative estimate of drug-likeness (QED) is 0.272. The van der Waals surface area contributed by atoms with Gasteiger partial charge in [-0.15, -0.1) is 0 Å². The molecule has 0 aromatic rings. The summed E-state index contributed by atoms with van der Waals surface area (Å²) in [5, 5.41) is 69.2. The Hall–Kier alpha value is -0.320. The van der Waals surface area contributed by atoms with Crippen molar-refractivity contribution in [2.45, 2.75) is 92.6 Å². The summed E-state index contributed by atoms with van der Waals surface area (Å²) in [6, 6.07) is 0. The Balaban J connectivity index is -0.000000151. The first-order valence-corrected chi connectivity index (χ1v) is 10.6. The van der Waals surface area contributed by atoms with Gasteiger partial charge in [-0.2, -0.15) is 0 Å². The molecule has 0 radical (unpaired) electrons. The van der Waals surface area contributed by atoms with Crippen LogP contribution in [-0.2, 0) is 0 Å². The molecular formula is C22H52O8. The summed E-state index contributed by atoms with van der Waals surface area (Å²) in [7, 11) is 0. The van der Waals surface area contributed by atoms with Crippen molar-refractivity contribution in [1.29, 1.82) is 0 Å². The van der Waals surface area contributed by atoms with Gasteiger partial charge in [0.25, 0.3) is 0 Å². The predicted molar refractivity (Wildman–Crippen MR) is 121 cm³/mol. The van der Waals surface area contributed by atoms with Crippen molar-refractivity contribution in [1.82, 2.24) is 0 Å². The third-order valence-electron chi connectivity index (χ3n) is 5.04. The second-order valence-electron chi connectivity index (χ2n) is 9.33. The van der Waals surface area contributed by atoms with Gasteiger partial charge in [0.15, 0.2) is 0 Å². The fourth-order valence-corrected chi connectivity index (χ4v) is 0.787. The number of aliphatic hydroxyl groups excluding tert-OH is 6. The maximum atomic E-state index is 9.15. The molecule has 0 bridgehead atoms. The third-order valence-corrected chi connectivity index (χ3v) is 5.04. The third kappa shape index (κ3) is 22.4. The van der Waals surface area contributed by atoms with Gasteiger partial charge in [0.05, 0.1) is 49.8 Å². The van der Waals surface area contributed by atoms with Crippen LogP contribution in [0.15, 0.2) is 0 Å². The van der Waals surface area contributed by atoms with E-state index in [9.17, 15) is 0 Å². The van der Waals surface area contributed by atoms with Gasteiger partial charge in [0.2, 0.25) is 0 Å². The van der Waals surface area contributed by atoms with Crippen LogP contribution in [-0.4, -0.2) is 90.7 Å². The van der Waals surface area contributed by atoms with Crippen LogP contribution in [0.5, 0.6) is 0 Å². The minimum absolute atomic E-state index is 0.118. The molecule has 0 aromatic heterocycles. The monoisotopic (exact) mass is 444 g/mol. The van der Waals surface area contributed by atoms with Gasteiger partial charge in [-0.05, 0) is 37.5 Å². The number of hydrogen-bond donors (Lipinski definition) is 8. The summed E-state index contributed by atoms with van der Waals surface area (Å²) in [6.07, 6.45) is -1.08. The van der Waals surface area contributed by atoms with E-state index in [1.165, 1.54) is 0 Å². The van der Waals surface area contributed by atoms with Gasteiger partial charge in [-0.3, -0.25) is 0 Å². The van der Waals surface area contributed by atoms with Crippen molar-refractivity contribution in [2.24, 2.45) is 23.7 Å². The van der Waals surface area contributed by atoms with Crippen LogP contribution in [0.1, 0.15) is 69.2 Å². The first-order valence-electron chi connectivity index (χ1n) is 10.6. The van der Waals surface area contributed by atoms with E-state index >= 15 is 0 Å². The standard InChI is InChI=1S/2C6H14O2.2C5H12O2/c2*1-5(2)6(3,8)4-7;2*1-4(2)5(7)3-6/h2*5,7-8H,4H2,1-3H3;2*4-7H,3H2,1-2H3/t2*6-;2*5-/m1010/s1. The molecule has 0 spiro atoms. The summed E-state index contributed by atoms with van der Waals surface area (Å²) in [5.41, 5.74) is -1.81. The molecule has 0 heterocycles. The summed E-state index contributed by atoms with van der Waals surface area (Å²) in [6.45, 7) is 17.6. The van der Waals surface area contributed by atoms with Crippen molar-refractivity contribution < 1.29 is 40.9 Å². The summed E-state index contributed by atoms with van der Waals surface area (Å²) in [4.78, 5) is 0. The Bertz CT molecular complexity index is 321. The molecule has 188 valence electrons. The lowest BCUT2D eigenvalue weighted by Crippen LogP contribution is -2.34. The molecule has 4 atom stereocenters. The van der Waals surface area contributed by atoms with Crippen LogP contribution < -0.4 is 0 Å². The summed E-state index contributed by atoms with van der Waals surface area (Å²) < 4.78 is 0. The van der Waals surface area contributed by atoms with E-state index < -0.39 is 23.4 Å². The Labute approximate surface area is 184 Å². The minimum atomic E-state index is -0.903. The highest BCUT2D eigenvalue weighted by atomic mass is 16.3. The summed E-state index contributed by atoms with van der Waals surface area (Å²) in [5.74, 6) is 0.579. The van der Waals surface area contributed by atoms with Crippen molar-refractivity contribution in [3.8, 4) is 0 Å². The first-order chi connectivity index (χ1) is 13.4. The van der Waals surface area contributed by atoms with E-state index in [1.807, 2.05) is 55.4 Å². The molecule has 0 rings (SSSR count). The van der Waals surface area contributed by atoms with Crippen LogP contribution in [0.2, 0.25) is 0 Å². The second-order valence-corrected chi connectivity index (χ2v) is 9.33. The largest absolute Gasteiger partial charge is 0.394 e. The van der Waals surface area contributed by atoms with E-state index in [1.54, 1.807) is 13.8 Å². The molecule has 0 aromatic carbocycles. The molecule has 0 fully saturated rings. The molecule has 8 heteroatoms. The smallest absolute Gasteiger partial charge is 0.0872 e. The molecule has 0 unspecified atom stereocenters. The zero-order chi connectivity index (χ0) is 25.3. The van der Waals surface area contributed by atoms with Gasteiger partial charge in [-0.1, -0.05) is 55.4 Å². The molecule has 0 aliphatic heterocycles. The van der Waals surface area contributed by atoms with E-state index in [0.29, 0.717) is 0 Å². The highest BCUT2D eigenvalue weighted by Gasteiger charge is 2.23. The van der Waals surface area contributed by atoms with Gasteiger partial charge in [-0.25, -0.2) is 0 Å². The first kappa shape index (κ1) is 37.0. The number of aliphatic hydroxyl groups is 8. The lowest BCUT2D eigenvalue weighted by Gasteiger charge is -2.24. The van der Waals surface area contributed by atoms with Gasteiger partial charge < -0.3 is 40.9 Å². The van der Waals surface area contributed by atoms with Crippen LogP contribution in [0.3, 0.4) is 0 Å². The zero-order valence-electron chi connectivity index (χ0n) is 20.9. The fraction of sp³-hybridized carbons (Fsp3) is 1.00. The van der Waals surface area contributed by atoms with Crippen LogP contribution in [0.25, 0.3) is 0 Å². The molecule has 0 aliphatic rings. The lowest BCUT2D eigenvalue weighted by atomic mass is 9.94. The average Bonchev–Trinajstić information content (AvgIpc) is 2.67. The zero-order valence-corrected chi connectivity index (χ0v) is 20.9. The molecule has 0 saturated carbocycles.